The van der Waals surface area contributed by atoms with Gasteiger partial charge in [-0.1, -0.05) is 12.8 Å². The van der Waals surface area contributed by atoms with Gasteiger partial charge in [-0.3, -0.25) is 19.3 Å². The summed E-state index contributed by atoms with van der Waals surface area (Å²) in [7, 11) is -3.91. The molecule has 3 amide bonds. The van der Waals surface area contributed by atoms with Crippen LogP contribution in [0.5, 0.6) is 0 Å². The maximum absolute atomic E-state index is 12.6. The molecule has 2 aromatic rings. The van der Waals surface area contributed by atoms with E-state index in [1.807, 2.05) is 0 Å². The number of sulfonamides is 1. The molecule has 1 saturated heterocycles. The fraction of sp³-hybridized carbons (Fsp3) is 0.435. The number of carbonyl (C=O) groups excluding carboxylic acids is 3. The Balaban J connectivity index is 1.34. The highest BCUT2D eigenvalue weighted by atomic mass is 32.2. The van der Waals surface area contributed by atoms with Crippen LogP contribution in [0.2, 0.25) is 0 Å². The second kappa shape index (κ2) is 9.49. The average Bonchev–Trinajstić information content (AvgIpc) is 3.01. The van der Waals surface area contributed by atoms with E-state index >= 15 is 0 Å². The lowest BCUT2D eigenvalue weighted by Gasteiger charge is -2.19. The van der Waals surface area contributed by atoms with Crippen molar-refractivity contribution in [3.8, 4) is 0 Å². The molecule has 2 fully saturated rings. The first kappa shape index (κ1) is 23.8. The molecule has 1 aliphatic heterocycles. The number of nitrogens with one attached hydrogen (secondary N) is 2. The number of hydrogen-bond acceptors (Lipinski definition) is 7. The highest BCUT2D eigenvalue weighted by molar-refractivity contribution is 7.92. The van der Waals surface area contributed by atoms with Crippen LogP contribution in [0.4, 0.5) is 11.6 Å². The Morgan fingerprint density at radius 3 is 2.12 bits per heavy atom. The SMILES string of the molecule is Cc1cc(C)nc(NS(=O)(=O)c2ccc(NC(=O)CCN3C(=O)[C@@H]4CCCC[C@H]4C3=O)cc2)n1. The van der Waals surface area contributed by atoms with Gasteiger partial charge < -0.3 is 5.32 Å². The minimum atomic E-state index is -3.91. The van der Waals surface area contributed by atoms with E-state index in [9.17, 15) is 22.8 Å². The summed E-state index contributed by atoms with van der Waals surface area (Å²) in [4.78, 5) is 46.8. The summed E-state index contributed by atoms with van der Waals surface area (Å²) >= 11 is 0. The summed E-state index contributed by atoms with van der Waals surface area (Å²) in [5, 5.41) is 2.67. The largest absolute Gasteiger partial charge is 0.326 e. The number of rotatable bonds is 7. The predicted molar refractivity (Wildman–Crippen MR) is 124 cm³/mol. The van der Waals surface area contributed by atoms with E-state index in [1.165, 1.54) is 29.2 Å². The van der Waals surface area contributed by atoms with Gasteiger partial charge in [0, 0.05) is 30.0 Å². The van der Waals surface area contributed by atoms with Crippen LogP contribution in [0.1, 0.15) is 43.5 Å². The van der Waals surface area contributed by atoms with Gasteiger partial charge in [-0.25, -0.2) is 23.1 Å². The summed E-state index contributed by atoms with van der Waals surface area (Å²) < 4.78 is 27.6. The third-order valence-corrected chi connectivity index (χ3v) is 7.50. The first-order valence-electron chi connectivity index (χ1n) is 11.2. The molecule has 1 aromatic heterocycles. The molecule has 2 heterocycles. The van der Waals surface area contributed by atoms with Crippen LogP contribution < -0.4 is 10.0 Å². The monoisotopic (exact) mass is 485 g/mol. The van der Waals surface area contributed by atoms with Crippen LogP contribution in [0.25, 0.3) is 0 Å². The maximum Gasteiger partial charge on any atom is 0.264 e. The van der Waals surface area contributed by atoms with Crippen molar-refractivity contribution in [2.24, 2.45) is 11.8 Å². The van der Waals surface area contributed by atoms with E-state index in [0.29, 0.717) is 17.1 Å². The lowest BCUT2D eigenvalue weighted by molar-refractivity contribution is -0.140. The summed E-state index contributed by atoms with van der Waals surface area (Å²) in [6, 6.07) is 7.39. The lowest BCUT2D eigenvalue weighted by atomic mass is 9.81. The molecule has 0 spiro atoms. The summed E-state index contributed by atoms with van der Waals surface area (Å²) in [6.07, 6.45) is 3.35. The number of likely N-dealkylation sites (tertiary alicyclic amines) is 1. The predicted octanol–water partition coefficient (Wildman–Crippen LogP) is 2.40. The summed E-state index contributed by atoms with van der Waals surface area (Å²) in [5.41, 5.74) is 1.68. The van der Waals surface area contributed by atoms with Crippen molar-refractivity contribution in [2.45, 2.75) is 50.8 Å². The molecule has 180 valence electrons. The van der Waals surface area contributed by atoms with Crippen LogP contribution in [0.15, 0.2) is 35.2 Å². The van der Waals surface area contributed by atoms with E-state index in [0.717, 1.165) is 25.7 Å². The molecule has 0 radical (unpaired) electrons. The number of fused-ring (bicyclic) bond motifs is 1. The van der Waals surface area contributed by atoms with Crippen LogP contribution in [0.3, 0.4) is 0 Å². The minimum Gasteiger partial charge on any atom is -0.326 e. The first-order valence-corrected chi connectivity index (χ1v) is 12.7. The fourth-order valence-corrected chi connectivity index (χ4v) is 5.50. The van der Waals surface area contributed by atoms with Crippen molar-refractivity contribution >= 4 is 39.4 Å². The second-order valence-corrected chi connectivity index (χ2v) is 10.4. The zero-order chi connectivity index (χ0) is 24.5. The molecule has 4 rings (SSSR count). The highest BCUT2D eigenvalue weighted by Gasteiger charge is 2.47. The third-order valence-electron chi connectivity index (χ3n) is 6.15. The number of aryl methyl sites for hydroxylation is 2. The van der Waals surface area contributed by atoms with Crippen LogP contribution in [-0.4, -0.2) is 47.6 Å². The Bertz CT molecular complexity index is 1180. The van der Waals surface area contributed by atoms with Crippen molar-refractivity contribution in [2.75, 3.05) is 16.6 Å². The molecule has 34 heavy (non-hydrogen) atoms. The summed E-state index contributed by atoms with van der Waals surface area (Å²) in [6.45, 7) is 3.53. The second-order valence-electron chi connectivity index (χ2n) is 8.73. The van der Waals surface area contributed by atoms with Gasteiger partial charge in [0.25, 0.3) is 10.0 Å². The molecule has 1 aromatic carbocycles. The van der Waals surface area contributed by atoms with E-state index in [4.69, 9.17) is 0 Å². The van der Waals surface area contributed by atoms with E-state index in [-0.39, 0.29) is 53.4 Å². The molecule has 1 saturated carbocycles. The van der Waals surface area contributed by atoms with Gasteiger partial charge in [-0.15, -0.1) is 0 Å². The summed E-state index contributed by atoms with van der Waals surface area (Å²) in [5.74, 6) is -1.19. The Morgan fingerprint density at radius 1 is 1.00 bits per heavy atom. The Labute approximate surface area is 198 Å². The van der Waals surface area contributed by atoms with Gasteiger partial charge in [-0.05, 0) is 57.0 Å². The lowest BCUT2D eigenvalue weighted by Crippen LogP contribution is -2.34. The zero-order valence-electron chi connectivity index (χ0n) is 19.1. The molecule has 10 nitrogen and oxygen atoms in total. The number of amides is 3. The van der Waals surface area contributed by atoms with Crippen molar-refractivity contribution in [3.05, 3.63) is 41.7 Å². The molecule has 2 N–H and O–H groups in total. The van der Waals surface area contributed by atoms with Crippen LogP contribution >= 0.6 is 0 Å². The van der Waals surface area contributed by atoms with Crippen molar-refractivity contribution < 1.29 is 22.8 Å². The van der Waals surface area contributed by atoms with Crippen molar-refractivity contribution in [1.82, 2.24) is 14.9 Å². The van der Waals surface area contributed by atoms with Gasteiger partial charge in [-0.2, -0.15) is 0 Å². The Morgan fingerprint density at radius 2 is 1.56 bits per heavy atom. The smallest absolute Gasteiger partial charge is 0.264 e. The van der Waals surface area contributed by atoms with Crippen molar-refractivity contribution in [3.63, 3.8) is 0 Å². The van der Waals surface area contributed by atoms with Crippen molar-refractivity contribution in [1.29, 1.82) is 0 Å². The van der Waals surface area contributed by atoms with Crippen LogP contribution in [-0.2, 0) is 24.4 Å². The number of anilines is 2. The molecule has 2 atom stereocenters. The van der Waals surface area contributed by atoms with Crippen LogP contribution in [0, 0.1) is 25.7 Å². The highest BCUT2D eigenvalue weighted by Crippen LogP contribution is 2.38. The normalized spacial score (nSPS) is 20.2. The zero-order valence-corrected chi connectivity index (χ0v) is 19.9. The van der Waals surface area contributed by atoms with E-state index in [1.54, 1.807) is 19.9 Å². The Kier molecular flexibility index (Phi) is 6.65. The van der Waals surface area contributed by atoms with E-state index in [2.05, 4.69) is 20.0 Å². The number of imide groups is 1. The quantitative estimate of drug-likeness (QED) is 0.574. The number of benzene rings is 1. The third kappa shape index (κ3) is 5.09. The van der Waals surface area contributed by atoms with Gasteiger partial charge in [0.2, 0.25) is 23.7 Å². The molecule has 11 heteroatoms. The molecule has 0 bridgehead atoms. The topological polar surface area (TPSA) is 138 Å². The number of carbonyl (C=O) groups is 3. The maximum atomic E-state index is 12.6. The molecular formula is C23H27N5O5S. The average molecular weight is 486 g/mol. The van der Waals surface area contributed by atoms with E-state index < -0.39 is 10.0 Å². The molecule has 1 aliphatic carbocycles. The van der Waals surface area contributed by atoms with Gasteiger partial charge in [0.15, 0.2) is 0 Å². The molecule has 0 unspecified atom stereocenters. The standard InChI is InChI=1S/C23H27N5O5S/c1-14-13-15(2)25-23(24-14)27-34(32,33)17-9-7-16(8-10-17)26-20(29)11-12-28-21(30)18-5-3-4-6-19(18)22(28)31/h7-10,13,18-19H,3-6,11-12H2,1-2H3,(H,26,29)(H,24,25,27)/t18-,19-/m1/s1. The molecule has 2 aliphatic rings. The first-order chi connectivity index (χ1) is 16.1. The van der Waals surface area contributed by atoms with Gasteiger partial charge in [0.1, 0.15) is 0 Å². The minimum absolute atomic E-state index is 0.0101. The Hall–Kier alpha value is -3.34. The molecular weight excluding hydrogens is 458 g/mol. The van der Waals surface area contributed by atoms with Gasteiger partial charge >= 0.3 is 0 Å². The fourth-order valence-electron chi connectivity index (χ4n) is 4.56. The van der Waals surface area contributed by atoms with Gasteiger partial charge in [0.05, 0.1) is 16.7 Å². The number of nitrogens with zero attached hydrogens (tertiary/aromatic N) is 3. The number of aromatic nitrogens is 2. The number of hydrogen-bond donors (Lipinski definition) is 2.